The van der Waals surface area contributed by atoms with Gasteiger partial charge in [-0.2, -0.15) is 0 Å². The van der Waals surface area contributed by atoms with Crippen LogP contribution in [0.5, 0.6) is 0 Å². The van der Waals surface area contributed by atoms with Crippen molar-refractivity contribution in [2.75, 3.05) is 0 Å². The predicted octanol–water partition coefficient (Wildman–Crippen LogP) is 15.6. The Labute approximate surface area is 306 Å². The van der Waals surface area contributed by atoms with Crippen LogP contribution in [0.3, 0.4) is 0 Å². The monoisotopic (exact) mass is 667 g/mol. The zero-order chi connectivity index (χ0) is 35.1. The fourth-order valence-corrected chi connectivity index (χ4v) is 10.2. The van der Waals surface area contributed by atoms with Gasteiger partial charge in [0.2, 0.25) is 0 Å². The first-order valence-corrected chi connectivity index (χ1v) is 20.9. The van der Waals surface area contributed by atoms with Crippen molar-refractivity contribution >= 4 is 0 Å². The average molecular weight is 667 g/mol. The van der Waals surface area contributed by atoms with E-state index in [9.17, 15) is 0 Å². The molecule has 6 rings (SSSR count). The summed E-state index contributed by atoms with van der Waals surface area (Å²) in [5, 5.41) is 0. The largest absolute Gasteiger partial charge is 0.0654 e. The lowest BCUT2D eigenvalue weighted by molar-refractivity contribution is 0.398. The van der Waals surface area contributed by atoms with Crippen molar-refractivity contribution in [1.82, 2.24) is 0 Å². The molecule has 0 fully saturated rings. The molecule has 0 saturated carbocycles. The average Bonchev–Trinajstić information content (AvgIpc) is 3.53. The molecule has 266 valence electrons. The maximum atomic E-state index is 2.66. The Hall–Kier alpha value is -3.12. The molecule has 4 aromatic carbocycles. The summed E-state index contributed by atoms with van der Waals surface area (Å²) in [6, 6.07) is 29.7. The van der Waals surface area contributed by atoms with Gasteiger partial charge < -0.3 is 0 Å². The molecule has 50 heavy (non-hydrogen) atoms. The van der Waals surface area contributed by atoms with Crippen molar-refractivity contribution in [2.45, 2.75) is 168 Å². The lowest BCUT2D eigenvalue weighted by atomic mass is 9.69. The van der Waals surface area contributed by atoms with E-state index >= 15 is 0 Å². The highest BCUT2D eigenvalue weighted by atomic mass is 14.5. The minimum Gasteiger partial charge on any atom is -0.0654 e. The molecule has 0 N–H and O–H groups in total. The van der Waals surface area contributed by atoms with Gasteiger partial charge >= 0.3 is 0 Å². The molecule has 0 heterocycles. The maximum Gasteiger partial charge on any atom is 0.0215 e. The fourth-order valence-electron chi connectivity index (χ4n) is 10.2. The van der Waals surface area contributed by atoms with Crippen molar-refractivity contribution in [1.29, 1.82) is 0 Å². The second-order valence-corrected chi connectivity index (χ2v) is 16.3. The van der Waals surface area contributed by atoms with E-state index in [-0.39, 0.29) is 10.8 Å². The Balaban J connectivity index is 1.42. The molecule has 0 aromatic heterocycles. The molecule has 0 amide bonds. The Morgan fingerprint density at radius 3 is 1.08 bits per heavy atom. The van der Waals surface area contributed by atoms with Crippen molar-refractivity contribution in [3.8, 4) is 33.4 Å². The van der Waals surface area contributed by atoms with Crippen LogP contribution in [0.4, 0.5) is 0 Å². The highest BCUT2D eigenvalue weighted by molar-refractivity contribution is 5.87. The fraction of sp³-hybridized carbons (Fsp3) is 0.520. The molecule has 2 aliphatic carbocycles. The van der Waals surface area contributed by atoms with Gasteiger partial charge in [0.1, 0.15) is 0 Å². The Morgan fingerprint density at radius 1 is 0.340 bits per heavy atom. The number of aryl methyl sites for hydroxylation is 2. The molecule has 2 aliphatic rings. The molecular weight excluding hydrogens is 601 g/mol. The van der Waals surface area contributed by atoms with Crippen LogP contribution in [0.25, 0.3) is 33.4 Å². The Kier molecular flexibility index (Phi) is 12.1. The van der Waals surface area contributed by atoms with E-state index < -0.39 is 0 Å². The van der Waals surface area contributed by atoms with Gasteiger partial charge in [0, 0.05) is 10.8 Å². The Bertz CT molecular complexity index is 1710. The van der Waals surface area contributed by atoms with Gasteiger partial charge in [0.05, 0.1) is 0 Å². The summed E-state index contributed by atoms with van der Waals surface area (Å²) in [6.07, 6.45) is 23.7. The highest BCUT2D eigenvalue weighted by Crippen LogP contribution is 2.57. The summed E-state index contributed by atoms with van der Waals surface area (Å²) >= 11 is 0. The van der Waals surface area contributed by atoms with Crippen molar-refractivity contribution in [3.63, 3.8) is 0 Å². The third-order valence-electron chi connectivity index (χ3n) is 12.6. The molecule has 0 atom stereocenters. The van der Waals surface area contributed by atoms with E-state index in [1.807, 2.05) is 0 Å². The van der Waals surface area contributed by atoms with E-state index in [0.717, 1.165) is 0 Å². The number of hydrogen-bond donors (Lipinski definition) is 0. The van der Waals surface area contributed by atoms with Gasteiger partial charge in [0.25, 0.3) is 0 Å². The number of hydrogen-bond acceptors (Lipinski definition) is 0. The first-order chi connectivity index (χ1) is 24.4. The maximum absolute atomic E-state index is 2.66. The van der Waals surface area contributed by atoms with Gasteiger partial charge in [-0.05, 0) is 107 Å². The summed E-state index contributed by atoms with van der Waals surface area (Å²) in [4.78, 5) is 0. The number of unbranched alkanes of at least 4 members (excludes halogenated alkanes) is 10. The minimum absolute atomic E-state index is 0.111. The number of benzene rings is 4. The van der Waals surface area contributed by atoms with Crippen LogP contribution in [-0.2, 0) is 10.8 Å². The summed E-state index contributed by atoms with van der Waals surface area (Å²) in [7, 11) is 0. The summed E-state index contributed by atoms with van der Waals surface area (Å²) in [6.45, 7) is 14.0. The third kappa shape index (κ3) is 7.03. The quantitative estimate of drug-likeness (QED) is 0.0874. The summed E-state index contributed by atoms with van der Waals surface area (Å²) in [5.74, 6) is 0. The minimum atomic E-state index is 0.111. The van der Waals surface area contributed by atoms with Crippen LogP contribution >= 0.6 is 0 Å². The molecule has 0 radical (unpaired) electrons. The van der Waals surface area contributed by atoms with Gasteiger partial charge in [-0.1, -0.05) is 189 Å². The van der Waals surface area contributed by atoms with E-state index in [1.54, 1.807) is 22.3 Å². The van der Waals surface area contributed by atoms with E-state index in [2.05, 4.69) is 114 Å². The van der Waals surface area contributed by atoms with Gasteiger partial charge in [0.15, 0.2) is 0 Å². The van der Waals surface area contributed by atoms with E-state index in [0.29, 0.717) is 0 Å². The van der Waals surface area contributed by atoms with Gasteiger partial charge in [-0.15, -0.1) is 0 Å². The van der Waals surface area contributed by atoms with Crippen molar-refractivity contribution in [2.24, 2.45) is 0 Å². The lowest BCUT2D eigenvalue weighted by Crippen LogP contribution is -2.26. The van der Waals surface area contributed by atoms with Gasteiger partial charge in [-0.25, -0.2) is 0 Å². The van der Waals surface area contributed by atoms with E-state index in [4.69, 9.17) is 0 Å². The SMILES string of the molecule is CCCCCCCCC1(CCCCCCCC)c2cc(C)ccc2-c2ccc(-c3ccc4c(c3)C(CCC)(CCC)c3cc(C)ccc3-4)cc21. The van der Waals surface area contributed by atoms with Crippen molar-refractivity contribution < 1.29 is 0 Å². The standard InChI is InChI=1S/C50H66/c1-7-11-13-15-17-19-31-50(32-20-18-16-14-12-8-2)46-34-38(6)22-26-42(46)44-28-24-40(36-48(44)50)39-23-27-43-41-25-21-37(5)33-45(41)49(29-9-3,30-10-4)47(43)35-39/h21-28,33-36H,7-20,29-32H2,1-6H3. The van der Waals surface area contributed by atoms with Crippen LogP contribution in [0.1, 0.15) is 177 Å². The summed E-state index contributed by atoms with van der Waals surface area (Å²) in [5.41, 5.74) is 18.1. The van der Waals surface area contributed by atoms with Crippen LogP contribution < -0.4 is 0 Å². The molecule has 0 bridgehead atoms. The topological polar surface area (TPSA) is 0 Å². The highest BCUT2D eigenvalue weighted by Gasteiger charge is 2.44. The molecule has 0 unspecified atom stereocenters. The molecule has 4 aromatic rings. The van der Waals surface area contributed by atoms with Crippen LogP contribution in [0, 0.1) is 13.8 Å². The first-order valence-electron chi connectivity index (χ1n) is 20.9. The normalized spacial score (nSPS) is 14.8. The lowest BCUT2D eigenvalue weighted by Gasteiger charge is -2.34. The van der Waals surface area contributed by atoms with Crippen LogP contribution in [0.15, 0.2) is 72.8 Å². The summed E-state index contributed by atoms with van der Waals surface area (Å²) < 4.78 is 0. The molecule has 0 aliphatic heterocycles. The first kappa shape index (κ1) is 36.7. The number of fused-ring (bicyclic) bond motifs is 6. The van der Waals surface area contributed by atoms with E-state index in [1.165, 1.54) is 160 Å². The Morgan fingerprint density at radius 2 is 0.680 bits per heavy atom. The molecule has 0 heteroatoms. The third-order valence-corrected chi connectivity index (χ3v) is 12.6. The smallest absolute Gasteiger partial charge is 0.0215 e. The van der Waals surface area contributed by atoms with Crippen LogP contribution in [-0.4, -0.2) is 0 Å². The molecule has 0 saturated heterocycles. The van der Waals surface area contributed by atoms with Crippen LogP contribution in [0.2, 0.25) is 0 Å². The number of rotatable bonds is 19. The van der Waals surface area contributed by atoms with Gasteiger partial charge in [-0.3, -0.25) is 0 Å². The molecular formula is C50H66. The zero-order valence-corrected chi connectivity index (χ0v) is 32.7. The van der Waals surface area contributed by atoms with Crippen molar-refractivity contribution in [3.05, 3.63) is 106 Å². The zero-order valence-electron chi connectivity index (χ0n) is 32.7. The predicted molar refractivity (Wildman–Crippen MR) is 220 cm³/mol. The second-order valence-electron chi connectivity index (χ2n) is 16.3. The second kappa shape index (κ2) is 16.5. The molecule has 0 spiro atoms. The molecule has 0 nitrogen and oxygen atoms in total.